The van der Waals surface area contributed by atoms with E-state index >= 15 is 0 Å². The lowest BCUT2D eigenvalue weighted by Crippen LogP contribution is -2.29. The fraction of sp³-hybridized carbons (Fsp3) is 0.235. The Bertz CT molecular complexity index is 684. The van der Waals surface area contributed by atoms with Gasteiger partial charge in [-0.05, 0) is 35.2 Å². The number of carboxylic acid groups (broad SMARTS) is 1. The molecule has 2 aromatic carbocycles. The molecule has 0 aromatic heterocycles. The first kappa shape index (κ1) is 14.1. The Morgan fingerprint density at radius 1 is 1.19 bits per heavy atom. The summed E-state index contributed by atoms with van der Waals surface area (Å²) in [5.74, 6) is -0.988. The van der Waals surface area contributed by atoms with Crippen LogP contribution in [0.4, 0.5) is 0 Å². The van der Waals surface area contributed by atoms with Crippen LogP contribution in [0, 0.1) is 0 Å². The number of aromatic carboxylic acids is 1. The van der Waals surface area contributed by atoms with Gasteiger partial charge in [0.2, 0.25) is 0 Å². The summed E-state index contributed by atoms with van der Waals surface area (Å²) in [6.07, 6.45) is 1.05. The summed E-state index contributed by atoms with van der Waals surface area (Å²) in [5, 5.41) is 9.30. The number of carboxylic acids is 1. The first-order valence-electron chi connectivity index (χ1n) is 6.94. The maximum atomic E-state index is 11.0. The summed E-state index contributed by atoms with van der Waals surface area (Å²) in [6, 6.07) is 13.7. The average molecular weight is 302 g/mol. The van der Waals surface area contributed by atoms with Gasteiger partial charge in [0.05, 0.1) is 10.6 Å². The topological polar surface area (TPSA) is 40.5 Å². The standard InChI is InChI=1S/C17H16ClNO2/c18-16-9-12(5-6-15(16)17(20)21)10-19-8-7-13-3-1-2-4-14(13)11-19/h1-6,9H,7-8,10-11H2,(H,20,21). The fourth-order valence-electron chi connectivity index (χ4n) is 2.78. The Labute approximate surface area is 128 Å². The molecule has 0 atom stereocenters. The van der Waals surface area contributed by atoms with E-state index in [1.165, 1.54) is 11.1 Å². The third kappa shape index (κ3) is 3.09. The zero-order valence-corrected chi connectivity index (χ0v) is 12.3. The fourth-order valence-corrected chi connectivity index (χ4v) is 3.06. The van der Waals surface area contributed by atoms with Crippen molar-refractivity contribution >= 4 is 17.6 Å². The third-order valence-corrected chi connectivity index (χ3v) is 4.19. The Kier molecular flexibility index (Phi) is 3.95. The smallest absolute Gasteiger partial charge is 0.337 e. The van der Waals surface area contributed by atoms with Crippen molar-refractivity contribution in [3.05, 3.63) is 69.7 Å². The number of carbonyl (C=O) groups is 1. The number of nitrogens with zero attached hydrogens (tertiary/aromatic N) is 1. The number of halogens is 1. The summed E-state index contributed by atoms with van der Waals surface area (Å²) in [7, 11) is 0. The van der Waals surface area contributed by atoms with Crippen LogP contribution in [0.3, 0.4) is 0 Å². The second-order valence-corrected chi connectivity index (χ2v) is 5.76. The summed E-state index contributed by atoms with van der Waals surface area (Å²) < 4.78 is 0. The molecule has 0 bridgehead atoms. The van der Waals surface area contributed by atoms with Crippen molar-refractivity contribution < 1.29 is 9.90 Å². The highest BCUT2D eigenvalue weighted by Gasteiger charge is 2.16. The van der Waals surface area contributed by atoms with Crippen LogP contribution in [0.1, 0.15) is 27.0 Å². The van der Waals surface area contributed by atoms with Gasteiger partial charge in [-0.25, -0.2) is 4.79 Å². The minimum absolute atomic E-state index is 0.157. The quantitative estimate of drug-likeness (QED) is 0.942. The van der Waals surface area contributed by atoms with E-state index in [0.717, 1.165) is 31.6 Å². The Balaban J connectivity index is 1.73. The van der Waals surface area contributed by atoms with Gasteiger partial charge >= 0.3 is 5.97 Å². The molecule has 0 saturated carbocycles. The molecule has 1 aliphatic heterocycles. The SMILES string of the molecule is O=C(O)c1ccc(CN2CCc3ccccc3C2)cc1Cl. The lowest BCUT2D eigenvalue weighted by molar-refractivity contribution is 0.0697. The number of fused-ring (bicyclic) bond motifs is 1. The maximum Gasteiger partial charge on any atom is 0.337 e. The van der Waals surface area contributed by atoms with Crippen LogP contribution in [0.25, 0.3) is 0 Å². The molecule has 2 aromatic rings. The van der Waals surface area contributed by atoms with Crippen LogP contribution in [0.5, 0.6) is 0 Å². The molecule has 108 valence electrons. The van der Waals surface area contributed by atoms with Gasteiger partial charge < -0.3 is 5.11 Å². The summed E-state index contributed by atoms with van der Waals surface area (Å²) >= 11 is 6.02. The molecule has 0 fully saturated rings. The zero-order chi connectivity index (χ0) is 14.8. The average Bonchev–Trinajstić information content (AvgIpc) is 2.47. The van der Waals surface area contributed by atoms with E-state index in [4.69, 9.17) is 16.7 Å². The zero-order valence-electron chi connectivity index (χ0n) is 11.6. The molecule has 4 heteroatoms. The molecule has 0 saturated heterocycles. The Morgan fingerprint density at radius 2 is 1.95 bits per heavy atom. The molecule has 0 spiro atoms. The van der Waals surface area contributed by atoms with E-state index in [1.54, 1.807) is 12.1 Å². The van der Waals surface area contributed by atoms with Crippen LogP contribution in [0.15, 0.2) is 42.5 Å². The third-order valence-electron chi connectivity index (χ3n) is 3.88. The van der Waals surface area contributed by atoms with E-state index in [9.17, 15) is 4.79 Å². The second-order valence-electron chi connectivity index (χ2n) is 5.35. The first-order chi connectivity index (χ1) is 10.1. The predicted molar refractivity (Wildman–Crippen MR) is 82.7 cm³/mol. The Hall–Kier alpha value is -1.84. The summed E-state index contributed by atoms with van der Waals surface area (Å²) in [6.45, 7) is 2.72. The minimum atomic E-state index is -0.988. The van der Waals surface area contributed by atoms with Crippen LogP contribution in [-0.2, 0) is 19.5 Å². The van der Waals surface area contributed by atoms with Gasteiger partial charge in [-0.15, -0.1) is 0 Å². The molecule has 21 heavy (non-hydrogen) atoms. The number of hydrogen-bond acceptors (Lipinski definition) is 2. The molecule has 3 nitrogen and oxygen atoms in total. The second kappa shape index (κ2) is 5.88. The molecule has 3 rings (SSSR count). The first-order valence-corrected chi connectivity index (χ1v) is 7.32. The summed E-state index contributed by atoms with van der Waals surface area (Å²) in [5.41, 5.74) is 4.00. The highest BCUT2D eigenvalue weighted by atomic mass is 35.5. The van der Waals surface area contributed by atoms with Crippen LogP contribution in [0.2, 0.25) is 5.02 Å². The molecule has 0 amide bonds. The number of hydrogen-bond donors (Lipinski definition) is 1. The van der Waals surface area contributed by atoms with E-state index in [0.29, 0.717) is 5.02 Å². The van der Waals surface area contributed by atoms with Crippen LogP contribution >= 0.6 is 11.6 Å². The molecule has 1 heterocycles. The monoisotopic (exact) mass is 301 g/mol. The van der Waals surface area contributed by atoms with Gasteiger partial charge in [-0.1, -0.05) is 41.9 Å². The number of benzene rings is 2. The predicted octanol–water partition coefficient (Wildman–Crippen LogP) is 3.60. The van der Waals surface area contributed by atoms with Crippen molar-refractivity contribution in [3.63, 3.8) is 0 Å². The molecular weight excluding hydrogens is 286 g/mol. The van der Waals surface area contributed by atoms with E-state index in [2.05, 4.69) is 29.2 Å². The molecule has 0 unspecified atom stereocenters. The van der Waals surface area contributed by atoms with Crippen molar-refractivity contribution in [2.75, 3.05) is 6.54 Å². The van der Waals surface area contributed by atoms with Crippen molar-refractivity contribution in [1.82, 2.24) is 4.90 Å². The van der Waals surface area contributed by atoms with Gasteiger partial charge in [0.1, 0.15) is 0 Å². The molecular formula is C17H16ClNO2. The van der Waals surface area contributed by atoms with Gasteiger partial charge in [0.25, 0.3) is 0 Å². The van der Waals surface area contributed by atoms with Gasteiger partial charge in [0.15, 0.2) is 0 Å². The van der Waals surface area contributed by atoms with Crippen molar-refractivity contribution in [3.8, 4) is 0 Å². The molecule has 1 N–H and O–H groups in total. The number of rotatable bonds is 3. The maximum absolute atomic E-state index is 11.0. The van der Waals surface area contributed by atoms with Gasteiger partial charge in [-0.3, -0.25) is 4.90 Å². The highest BCUT2D eigenvalue weighted by Crippen LogP contribution is 2.23. The van der Waals surface area contributed by atoms with Crippen LogP contribution < -0.4 is 0 Å². The normalized spacial score (nSPS) is 14.7. The highest BCUT2D eigenvalue weighted by molar-refractivity contribution is 6.33. The van der Waals surface area contributed by atoms with E-state index in [1.807, 2.05) is 6.07 Å². The molecule has 0 aliphatic carbocycles. The van der Waals surface area contributed by atoms with E-state index in [-0.39, 0.29) is 5.56 Å². The molecule has 1 aliphatic rings. The van der Waals surface area contributed by atoms with Crippen molar-refractivity contribution in [1.29, 1.82) is 0 Å². The lowest BCUT2D eigenvalue weighted by atomic mass is 9.99. The largest absolute Gasteiger partial charge is 0.478 e. The minimum Gasteiger partial charge on any atom is -0.478 e. The van der Waals surface area contributed by atoms with Gasteiger partial charge in [0, 0.05) is 19.6 Å². The molecule has 0 radical (unpaired) electrons. The van der Waals surface area contributed by atoms with Crippen molar-refractivity contribution in [2.24, 2.45) is 0 Å². The van der Waals surface area contributed by atoms with Gasteiger partial charge in [-0.2, -0.15) is 0 Å². The van der Waals surface area contributed by atoms with Crippen LogP contribution in [-0.4, -0.2) is 22.5 Å². The lowest BCUT2D eigenvalue weighted by Gasteiger charge is -2.28. The van der Waals surface area contributed by atoms with E-state index < -0.39 is 5.97 Å². The Morgan fingerprint density at radius 3 is 2.67 bits per heavy atom. The summed E-state index contributed by atoms with van der Waals surface area (Å²) in [4.78, 5) is 13.3. The van der Waals surface area contributed by atoms with Crippen molar-refractivity contribution in [2.45, 2.75) is 19.5 Å².